The molecule has 2 N–H and O–H groups in total. The summed E-state index contributed by atoms with van der Waals surface area (Å²) in [6.07, 6.45) is 2.07. The third-order valence-electron chi connectivity index (χ3n) is 4.94. The maximum Gasteiger partial charge on any atom is 0.419 e. The lowest BCUT2D eigenvalue weighted by molar-refractivity contribution is -0.117. The quantitative estimate of drug-likeness (QED) is 0.399. The fourth-order valence-electron chi connectivity index (χ4n) is 3.18. The van der Waals surface area contributed by atoms with Gasteiger partial charge >= 0.3 is 11.7 Å². The van der Waals surface area contributed by atoms with Gasteiger partial charge in [-0.1, -0.05) is 6.07 Å². The van der Waals surface area contributed by atoms with Gasteiger partial charge in [0.05, 0.1) is 22.6 Å². The Labute approximate surface area is 200 Å². The van der Waals surface area contributed by atoms with E-state index in [2.05, 4.69) is 10.0 Å². The topological polar surface area (TPSA) is 137 Å². The van der Waals surface area contributed by atoms with E-state index in [9.17, 15) is 22.8 Å². The van der Waals surface area contributed by atoms with Gasteiger partial charge in [-0.25, -0.2) is 18.0 Å². The van der Waals surface area contributed by atoms with Gasteiger partial charge in [0.25, 0.3) is 0 Å². The molecule has 3 aromatic rings. The lowest BCUT2D eigenvalue weighted by Crippen LogP contribution is -2.44. The molecule has 3 rings (SSSR count). The predicted octanol–water partition coefficient (Wildman–Crippen LogP) is 2.35. The minimum Gasteiger partial charge on any atom is -0.462 e. The number of anilines is 1. The molecule has 1 aromatic heterocycles. The Kier molecular flexibility index (Phi) is 8.18. The molecule has 1 amide bonds. The lowest BCUT2D eigenvalue weighted by atomic mass is 10.2. The highest BCUT2D eigenvalue weighted by Gasteiger charge is 2.26. The number of thioether (sulfide) groups is 1. The van der Waals surface area contributed by atoms with Crippen LogP contribution in [0, 0.1) is 0 Å². The van der Waals surface area contributed by atoms with Gasteiger partial charge in [-0.05, 0) is 55.7 Å². The van der Waals surface area contributed by atoms with Crippen LogP contribution >= 0.6 is 11.8 Å². The van der Waals surface area contributed by atoms with Crippen LogP contribution in [0.3, 0.4) is 0 Å². The highest BCUT2D eigenvalue weighted by molar-refractivity contribution is 7.98. The molecule has 0 fully saturated rings. The first-order valence-electron chi connectivity index (χ1n) is 10.3. The van der Waals surface area contributed by atoms with E-state index in [-0.39, 0.29) is 29.1 Å². The van der Waals surface area contributed by atoms with Crippen molar-refractivity contribution in [2.45, 2.75) is 24.3 Å². The van der Waals surface area contributed by atoms with Crippen molar-refractivity contribution >= 4 is 50.4 Å². The number of aryl methyl sites for hydroxylation is 1. The Balaban J connectivity index is 1.82. The zero-order valence-corrected chi connectivity index (χ0v) is 20.5. The Morgan fingerprint density at radius 1 is 1.21 bits per heavy atom. The van der Waals surface area contributed by atoms with Crippen molar-refractivity contribution in [3.63, 3.8) is 0 Å². The number of ether oxygens (including phenoxy) is 1. The van der Waals surface area contributed by atoms with E-state index < -0.39 is 33.7 Å². The summed E-state index contributed by atoms with van der Waals surface area (Å²) < 4.78 is 39.8. The molecular weight excluding hydrogens is 482 g/mol. The van der Waals surface area contributed by atoms with Gasteiger partial charge in [-0.15, -0.1) is 0 Å². The molecule has 1 heterocycles. The highest BCUT2D eigenvalue weighted by Crippen LogP contribution is 2.19. The second-order valence-electron chi connectivity index (χ2n) is 7.30. The van der Waals surface area contributed by atoms with E-state index in [1.165, 1.54) is 47.6 Å². The van der Waals surface area contributed by atoms with E-state index in [1.54, 1.807) is 25.1 Å². The van der Waals surface area contributed by atoms with E-state index in [1.807, 2.05) is 6.26 Å². The minimum absolute atomic E-state index is 0.122. The van der Waals surface area contributed by atoms with E-state index in [0.717, 1.165) is 0 Å². The van der Waals surface area contributed by atoms with Gasteiger partial charge in [-0.3, -0.25) is 9.36 Å². The molecule has 0 radical (unpaired) electrons. The molecule has 0 bridgehead atoms. The third-order valence-corrected chi connectivity index (χ3v) is 7.05. The van der Waals surface area contributed by atoms with E-state index >= 15 is 0 Å². The molecule has 34 heavy (non-hydrogen) atoms. The molecule has 0 aliphatic carbocycles. The molecule has 0 saturated heterocycles. The molecule has 12 heteroatoms. The normalized spacial score (nSPS) is 12.4. The van der Waals surface area contributed by atoms with Crippen molar-refractivity contribution < 1.29 is 27.2 Å². The van der Waals surface area contributed by atoms with Crippen LogP contribution in [0.25, 0.3) is 11.1 Å². The van der Waals surface area contributed by atoms with E-state index in [4.69, 9.17) is 9.15 Å². The van der Waals surface area contributed by atoms with Crippen molar-refractivity contribution in [3.8, 4) is 0 Å². The summed E-state index contributed by atoms with van der Waals surface area (Å²) in [6, 6.07) is 9.16. The molecule has 0 saturated carbocycles. The number of nitrogens with zero attached hydrogens (tertiary/aromatic N) is 1. The summed E-state index contributed by atoms with van der Waals surface area (Å²) in [5, 5.41) is 2.66. The van der Waals surface area contributed by atoms with Gasteiger partial charge in [0.2, 0.25) is 15.9 Å². The fourth-order valence-corrected chi connectivity index (χ4v) is 4.90. The molecule has 10 nitrogen and oxygen atoms in total. The van der Waals surface area contributed by atoms with Crippen LogP contribution in [-0.4, -0.2) is 49.5 Å². The largest absolute Gasteiger partial charge is 0.462 e. The van der Waals surface area contributed by atoms with Crippen LogP contribution in [0.15, 0.2) is 56.6 Å². The van der Waals surface area contributed by atoms with Crippen molar-refractivity contribution in [1.29, 1.82) is 0 Å². The number of oxazole rings is 1. The van der Waals surface area contributed by atoms with Crippen molar-refractivity contribution in [3.05, 3.63) is 58.6 Å². The average molecular weight is 508 g/mol. The minimum atomic E-state index is -4.12. The van der Waals surface area contributed by atoms with Gasteiger partial charge in [0.15, 0.2) is 5.58 Å². The van der Waals surface area contributed by atoms with Crippen LogP contribution in [0.5, 0.6) is 0 Å². The van der Waals surface area contributed by atoms with Gasteiger partial charge in [-0.2, -0.15) is 16.5 Å². The van der Waals surface area contributed by atoms with Crippen molar-refractivity contribution in [2.75, 3.05) is 23.9 Å². The molecule has 0 unspecified atom stereocenters. The lowest BCUT2D eigenvalue weighted by Gasteiger charge is -2.18. The summed E-state index contributed by atoms with van der Waals surface area (Å²) in [7, 11) is -2.60. The number of sulfonamides is 1. The van der Waals surface area contributed by atoms with Crippen molar-refractivity contribution in [1.82, 2.24) is 9.29 Å². The van der Waals surface area contributed by atoms with Crippen molar-refractivity contribution in [2.24, 2.45) is 7.05 Å². The van der Waals surface area contributed by atoms with Gasteiger partial charge in [0, 0.05) is 18.8 Å². The smallest absolute Gasteiger partial charge is 0.419 e. The number of amides is 1. The number of aromatic nitrogens is 1. The molecule has 2 aromatic carbocycles. The third kappa shape index (κ3) is 5.88. The number of carbonyl (C=O) groups is 2. The number of carbonyl (C=O) groups excluding carboxylic acids is 2. The number of hydrogen-bond donors (Lipinski definition) is 2. The summed E-state index contributed by atoms with van der Waals surface area (Å²) in [6.45, 7) is 1.90. The number of benzene rings is 2. The number of nitrogens with one attached hydrogen (secondary N) is 2. The van der Waals surface area contributed by atoms with Crippen LogP contribution in [0.1, 0.15) is 23.7 Å². The van der Waals surface area contributed by atoms with Crippen LogP contribution in [-0.2, 0) is 26.6 Å². The average Bonchev–Trinajstić information content (AvgIpc) is 3.09. The molecule has 0 aliphatic heterocycles. The van der Waals surface area contributed by atoms with Crippen LogP contribution in [0.4, 0.5) is 5.69 Å². The van der Waals surface area contributed by atoms with Crippen LogP contribution < -0.4 is 15.8 Å². The predicted molar refractivity (Wildman–Crippen MR) is 130 cm³/mol. The first-order valence-corrected chi connectivity index (χ1v) is 13.2. The standard InChI is InChI=1S/C22H25N3O7S2/c1-4-31-21(27)14-6-5-7-15(12-14)23-20(26)17(10-11-33-3)24-34(29,30)16-8-9-18-19(13-16)32-22(28)25(18)2/h5-9,12-13,17,24H,4,10-11H2,1-3H3,(H,23,26)/t17-/m1/s1. The first-order chi connectivity index (χ1) is 16.2. The first kappa shape index (κ1) is 25.5. The number of hydrogen-bond acceptors (Lipinski definition) is 8. The van der Waals surface area contributed by atoms with Gasteiger partial charge < -0.3 is 14.5 Å². The highest BCUT2D eigenvalue weighted by atomic mass is 32.2. The Hall–Kier alpha value is -3.09. The molecule has 0 spiro atoms. The molecule has 0 aliphatic rings. The maximum atomic E-state index is 13.0. The monoisotopic (exact) mass is 507 g/mol. The maximum absolute atomic E-state index is 13.0. The molecular formula is C22H25N3O7S2. The summed E-state index contributed by atoms with van der Waals surface area (Å²) in [5.41, 5.74) is 1.16. The SMILES string of the molecule is CCOC(=O)c1cccc(NC(=O)[C@@H](CCSC)NS(=O)(=O)c2ccc3c(c2)oc(=O)n3C)c1. The summed E-state index contributed by atoms with van der Waals surface area (Å²) in [5.74, 6) is -1.19. The molecule has 1 atom stereocenters. The summed E-state index contributed by atoms with van der Waals surface area (Å²) in [4.78, 5) is 36.5. The van der Waals surface area contributed by atoms with E-state index in [0.29, 0.717) is 17.0 Å². The number of rotatable bonds is 10. The number of esters is 1. The Morgan fingerprint density at radius 2 is 1.97 bits per heavy atom. The molecule has 182 valence electrons. The van der Waals surface area contributed by atoms with Gasteiger partial charge in [0.1, 0.15) is 6.04 Å². The second-order valence-corrected chi connectivity index (χ2v) is 10.0. The second kappa shape index (κ2) is 10.9. The zero-order valence-electron chi connectivity index (χ0n) is 18.9. The Bertz CT molecular complexity index is 1360. The Morgan fingerprint density at radius 3 is 2.68 bits per heavy atom. The fraction of sp³-hybridized carbons (Fsp3) is 0.318. The number of fused-ring (bicyclic) bond motifs is 1. The zero-order chi connectivity index (χ0) is 24.9. The summed E-state index contributed by atoms with van der Waals surface area (Å²) >= 11 is 1.47. The van der Waals surface area contributed by atoms with Crippen LogP contribution in [0.2, 0.25) is 0 Å².